The fraction of sp³-hybridized carbons (Fsp3) is 0.0435. The smallest absolute Gasteiger partial charge is 0.266 e. The normalized spacial score (nSPS) is 11.0. The zero-order valence-electron chi connectivity index (χ0n) is 15.1. The van der Waals surface area contributed by atoms with Crippen LogP contribution in [0.4, 0.5) is 10.1 Å². The van der Waals surface area contributed by atoms with Gasteiger partial charge in [0.05, 0.1) is 0 Å². The molecule has 1 N–H and O–H groups in total. The average Bonchev–Trinajstić information content (AvgIpc) is 2.68. The van der Waals surface area contributed by atoms with Crippen LogP contribution >= 0.6 is 23.2 Å². The summed E-state index contributed by atoms with van der Waals surface area (Å²) in [7, 11) is 0. The Kier molecular flexibility index (Phi) is 6.66. The molecule has 0 saturated heterocycles. The van der Waals surface area contributed by atoms with Gasteiger partial charge in [-0.25, -0.2) is 4.39 Å². The van der Waals surface area contributed by atoms with E-state index < -0.39 is 5.91 Å². The van der Waals surface area contributed by atoms with Gasteiger partial charge in [-0.3, -0.25) is 4.79 Å². The van der Waals surface area contributed by atoms with Crippen LogP contribution < -0.4 is 5.32 Å². The van der Waals surface area contributed by atoms with Crippen LogP contribution in [-0.2, 0) is 11.2 Å². The number of anilines is 1. The van der Waals surface area contributed by atoms with Crippen LogP contribution in [0.3, 0.4) is 0 Å². The van der Waals surface area contributed by atoms with Crippen LogP contribution in [0.1, 0.15) is 16.7 Å². The van der Waals surface area contributed by atoms with Crippen molar-refractivity contribution >= 4 is 40.9 Å². The summed E-state index contributed by atoms with van der Waals surface area (Å²) in [6, 6.07) is 20.0. The quantitative estimate of drug-likeness (QED) is 0.387. The van der Waals surface area contributed by atoms with Gasteiger partial charge in [0.2, 0.25) is 0 Å². The predicted octanol–water partition coefficient (Wildman–Crippen LogP) is 6.27. The molecule has 0 unspecified atom stereocenters. The molecule has 144 valence electrons. The third kappa shape index (κ3) is 5.68. The lowest BCUT2D eigenvalue weighted by atomic mass is 9.98. The summed E-state index contributed by atoms with van der Waals surface area (Å²) in [6.45, 7) is 0. The molecule has 0 radical (unpaired) electrons. The van der Waals surface area contributed by atoms with Gasteiger partial charge in [-0.2, -0.15) is 5.26 Å². The van der Waals surface area contributed by atoms with Gasteiger partial charge in [0.15, 0.2) is 0 Å². The van der Waals surface area contributed by atoms with Gasteiger partial charge in [-0.1, -0.05) is 47.5 Å². The second-order valence-corrected chi connectivity index (χ2v) is 7.16. The summed E-state index contributed by atoms with van der Waals surface area (Å²) in [5, 5.41) is 13.1. The van der Waals surface area contributed by atoms with E-state index in [-0.39, 0.29) is 11.4 Å². The van der Waals surface area contributed by atoms with Crippen LogP contribution in [0, 0.1) is 17.1 Å². The van der Waals surface area contributed by atoms with Gasteiger partial charge in [-0.15, -0.1) is 0 Å². The zero-order chi connectivity index (χ0) is 20.8. The molecule has 6 heteroatoms. The van der Waals surface area contributed by atoms with Crippen molar-refractivity contribution in [3.8, 4) is 6.07 Å². The second-order valence-electron chi connectivity index (χ2n) is 6.28. The van der Waals surface area contributed by atoms with Gasteiger partial charge in [-0.05, 0) is 71.7 Å². The standard InChI is InChI=1S/C23H15Cl2FN2O/c24-19-4-2-6-22(13-19)28-23(29)18(14-27)11-17-12-20(25)8-7-16(17)9-15-3-1-5-21(26)10-15/h1-8,10-13H,9H2,(H,28,29)/b18-11+. The van der Waals surface area contributed by atoms with Crippen molar-refractivity contribution in [2.75, 3.05) is 5.32 Å². The monoisotopic (exact) mass is 424 g/mol. The number of carbonyl (C=O) groups is 1. The number of nitrogens with one attached hydrogen (secondary N) is 1. The summed E-state index contributed by atoms with van der Waals surface area (Å²) < 4.78 is 13.5. The lowest BCUT2D eigenvalue weighted by Gasteiger charge is -2.09. The number of benzene rings is 3. The van der Waals surface area contributed by atoms with Crippen LogP contribution in [0.15, 0.2) is 72.3 Å². The van der Waals surface area contributed by atoms with Crippen LogP contribution in [0.2, 0.25) is 10.0 Å². The number of rotatable bonds is 5. The van der Waals surface area contributed by atoms with Crippen molar-refractivity contribution in [2.24, 2.45) is 0 Å². The van der Waals surface area contributed by atoms with E-state index in [2.05, 4.69) is 5.32 Å². The Labute approximate surface area is 178 Å². The van der Waals surface area contributed by atoms with Crippen LogP contribution in [0.5, 0.6) is 0 Å². The largest absolute Gasteiger partial charge is 0.321 e. The molecule has 3 aromatic carbocycles. The molecular formula is C23H15Cl2FN2O. The molecule has 0 aliphatic rings. The molecule has 0 atom stereocenters. The van der Waals surface area contributed by atoms with E-state index in [4.69, 9.17) is 23.2 Å². The molecule has 29 heavy (non-hydrogen) atoms. The minimum atomic E-state index is -0.563. The van der Waals surface area contributed by atoms with E-state index in [1.54, 1.807) is 48.5 Å². The Morgan fingerprint density at radius 2 is 1.79 bits per heavy atom. The molecule has 0 fully saturated rings. The molecule has 0 aromatic heterocycles. The first-order valence-corrected chi connectivity index (χ1v) is 9.42. The van der Waals surface area contributed by atoms with E-state index in [1.165, 1.54) is 18.2 Å². The van der Waals surface area contributed by atoms with Crippen molar-refractivity contribution in [1.82, 2.24) is 0 Å². The van der Waals surface area contributed by atoms with Gasteiger partial charge >= 0.3 is 0 Å². The third-order valence-corrected chi connectivity index (χ3v) is 4.61. The Morgan fingerprint density at radius 3 is 2.52 bits per heavy atom. The first-order chi connectivity index (χ1) is 13.9. The summed E-state index contributed by atoms with van der Waals surface area (Å²) in [4.78, 5) is 12.5. The highest BCUT2D eigenvalue weighted by atomic mass is 35.5. The predicted molar refractivity (Wildman–Crippen MR) is 114 cm³/mol. The minimum absolute atomic E-state index is 0.0901. The molecular weight excluding hydrogens is 410 g/mol. The lowest BCUT2D eigenvalue weighted by Crippen LogP contribution is -2.13. The minimum Gasteiger partial charge on any atom is -0.321 e. The maximum Gasteiger partial charge on any atom is 0.266 e. The highest BCUT2D eigenvalue weighted by Crippen LogP contribution is 2.23. The van der Waals surface area contributed by atoms with E-state index in [0.29, 0.717) is 27.7 Å². The number of hydrogen-bond donors (Lipinski definition) is 1. The highest BCUT2D eigenvalue weighted by molar-refractivity contribution is 6.31. The first-order valence-electron chi connectivity index (χ1n) is 8.66. The van der Waals surface area contributed by atoms with Crippen LogP contribution in [-0.4, -0.2) is 5.91 Å². The fourth-order valence-electron chi connectivity index (χ4n) is 2.80. The third-order valence-electron chi connectivity index (χ3n) is 4.14. The molecule has 0 saturated carbocycles. The van der Waals surface area contributed by atoms with E-state index in [1.807, 2.05) is 12.1 Å². The summed E-state index contributed by atoms with van der Waals surface area (Å²) in [5.41, 5.74) is 2.58. The number of amides is 1. The number of halogens is 3. The molecule has 0 bridgehead atoms. The van der Waals surface area contributed by atoms with Crippen molar-refractivity contribution < 1.29 is 9.18 Å². The molecule has 0 spiro atoms. The van der Waals surface area contributed by atoms with Gasteiger partial charge < -0.3 is 5.32 Å². The van der Waals surface area contributed by atoms with Crippen molar-refractivity contribution in [2.45, 2.75) is 6.42 Å². The summed E-state index contributed by atoms with van der Waals surface area (Å²) in [5.74, 6) is -0.890. The maximum absolute atomic E-state index is 13.5. The number of hydrogen-bond acceptors (Lipinski definition) is 2. The molecule has 3 rings (SSSR count). The van der Waals surface area contributed by atoms with E-state index in [9.17, 15) is 14.4 Å². The molecule has 3 aromatic rings. The number of carbonyl (C=O) groups excluding carboxylic acids is 1. The first kappa shape index (κ1) is 20.6. The molecule has 0 aliphatic heterocycles. The maximum atomic E-state index is 13.5. The lowest BCUT2D eigenvalue weighted by molar-refractivity contribution is -0.112. The SMILES string of the molecule is N#C/C(=C\c1cc(Cl)ccc1Cc1cccc(F)c1)C(=O)Nc1cccc(Cl)c1. The Hall–Kier alpha value is -3.13. The van der Waals surface area contributed by atoms with Crippen LogP contribution in [0.25, 0.3) is 6.08 Å². The van der Waals surface area contributed by atoms with E-state index in [0.717, 1.165) is 11.1 Å². The molecule has 0 heterocycles. The molecule has 3 nitrogen and oxygen atoms in total. The topological polar surface area (TPSA) is 52.9 Å². The Morgan fingerprint density at radius 1 is 1.03 bits per heavy atom. The average molecular weight is 425 g/mol. The van der Waals surface area contributed by atoms with Gasteiger partial charge in [0.1, 0.15) is 17.5 Å². The summed E-state index contributed by atoms with van der Waals surface area (Å²) in [6.07, 6.45) is 1.90. The van der Waals surface area contributed by atoms with Gasteiger partial charge in [0.25, 0.3) is 5.91 Å². The second kappa shape index (κ2) is 9.38. The Bertz CT molecular complexity index is 1140. The number of nitriles is 1. The summed E-state index contributed by atoms with van der Waals surface area (Å²) >= 11 is 12.0. The molecule has 0 aliphatic carbocycles. The van der Waals surface area contributed by atoms with Crippen molar-refractivity contribution in [3.63, 3.8) is 0 Å². The van der Waals surface area contributed by atoms with E-state index >= 15 is 0 Å². The van der Waals surface area contributed by atoms with Crippen molar-refractivity contribution in [1.29, 1.82) is 5.26 Å². The molecule has 1 amide bonds. The fourth-order valence-corrected chi connectivity index (χ4v) is 3.17. The highest BCUT2D eigenvalue weighted by Gasteiger charge is 2.12. The zero-order valence-corrected chi connectivity index (χ0v) is 16.6. The number of nitrogens with zero attached hydrogens (tertiary/aromatic N) is 1. The van der Waals surface area contributed by atoms with Crippen molar-refractivity contribution in [3.05, 3.63) is 105 Å². The van der Waals surface area contributed by atoms with Gasteiger partial charge in [0, 0.05) is 15.7 Å². The Balaban J connectivity index is 1.91.